The van der Waals surface area contributed by atoms with Crippen LogP contribution >= 0.6 is 0 Å². The number of hydrogen-bond donors (Lipinski definition) is 1. The summed E-state index contributed by atoms with van der Waals surface area (Å²) in [4.78, 5) is 0. The van der Waals surface area contributed by atoms with E-state index in [1.54, 1.807) is 0 Å². The minimum absolute atomic E-state index is 0.239. The van der Waals surface area contributed by atoms with Crippen LogP contribution in [0, 0.1) is 5.92 Å². The zero-order valence-corrected chi connectivity index (χ0v) is 14.3. The van der Waals surface area contributed by atoms with E-state index in [4.69, 9.17) is 0 Å². The molecule has 1 N–H and O–H groups in total. The summed E-state index contributed by atoms with van der Waals surface area (Å²) in [7, 11) is 0. The van der Waals surface area contributed by atoms with E-state index in [2.05, 4.69) is 52.0 Å². The van der Waals surface area contributed by atoms with Gasteiger partial charge in [0.2, 0.25) is 0 Å². The lowest BCUT2D eigenvalue weighted by Crippen LogP contribution is -2.05. The first-order valence-electron chi connectivity index (χ1n) is 8.31. The molecule has 0 fully saturated rings. The first-order chi connectivity index (χ1) is 10.0. The summed E-state index contributed by atoms with van der Waals surface area (Å²) in [6.45, 7) is 9.03. The molecular formula is C20H32O. The Morgan fingerprint density at radius 3 is 2.05 bits per heavy atom. The fourth-order valence-electron chi connectivity index (χ4n) is 2.58. The molecule has 1 heteroatoms. The van der Waals surface area contributed by atoms with Gasteiger partial charge in [0.1, 0.15) is 0 Å². The van der Waals surface area contributed by atoms with Gasteiger partial charge in [0, 0.05) is 12.5 Å². The standard InChI is InChI=1S/C20H32O/c1-16-7-5-9-17(2)11-13-20(19(4)15-21)14-12-18(3)10-6-8-16/h7,10-11,13,19,21H,5-6,8-9,12,14-15H2,1-4H3. The summed E-state index contributed by atoms with van der Waals surface area (Å²) in [5.74, 6) is 0.261. The van der Waals surface area contributed by atoms with Crippen LogP contribution in [0.1, 0.15) is 66.2 Å². The van der Waals surface area contributed by atoms with Crippen LogP contribution in [-0.2, 0) is 0 Å². The number of allylic oxidation sites excluding steroid dienone is 7. The number of hydrogen-bond acceptors (Lipinski definition) is 1. The van der Waals surface area contributed by atoms with Crippen molar-refractivity contribution in [2.75, 3.05) is 6.61 Å². The Labute approximate surface area is 131 Å². The zero-order chi connectivity index (χ0) is 15.7. The molecule has 1 aliphatic rings. The van der Waals surface area contributed by atoms with Crippen molar-refractivity contribution in [1.29, 1.82) is 0 Å². The average molecular weight is 288 g/mol. The molecule has 118 valence electrons. The van der Waals surface area contributed by atoms with Crippen LogP contribution in [0.2, 0.25) is 0 Å². The topological polar surface area (TPSA) is 20.2 Å². The van der Waals surface area contributed by atoms with Gasteiger partial charge in [0.05, 0.1) is 0 Å². The molecule has 0 heterocycles. The van der Waals surface area contributed by atoms with Crippen molar-refractivity contribution < 1.29 is 5.11 Å². The minimum Gasteiger partial charge on any atom is -0.396 e. The van der Waals surface area contributed by atoms with Crippen molar-refractivity contribution in [2.24, 2.45) is 5.92 Å². The molecule has 0 spiro atoms. The van der Waals surface area contributed by atoms with Crippen LogP contribution in [0.15, 0.2) is 46.6 Å². The molecule has 0 saturated carbocycles. The number of rotatable bonds is 2. The lowest BCUT2D eigenvalue weighted by molar-refractivity contribution is 0.253. The fourth-order valence-corrected chi connectivity index (χ4v) is 2.58. The van der Waals surface area contributed by atoms with Gasteiger partial charge < -0.3 is 5.11 Å². The fraction of sp³-hybridized carbons (Fsp3) is 0.600. The molecule has 0 saturated heterocycles. The van der Waals surface area contributed by atoms with E-state index in [0.717, 1.165) is 32.1 Å². The molecule has 21 heavy (non-hydrogen) atoms. The van der Waals surface area contributed by atoms with Crippen molar-refractivity contribution in [2.45, 2.75) is 66.2 Å². The van der Waals surface area contributed by atoms with Crippen LogP contribution in [0.4, 0.5) is 0 Å². The second kappa shape index (κ2) is 9.78. The molecule has 1 nitrogen and oxygen atoms in total. The van der Waals surface area contributed by atoms with Crippen LogP contribution < -0.4 is 0 Å². The molecule has 1 aliphatic carbocycles. The molecule has 0 aliphatic heterocycles. The highest BCUT2D eigenvalue weighted by atomic mass is 16.3. The Morgan fingerprint density at radius 1 is 0.857 bits per heavy atom. The summed E-state index contributed by atoms with van der Waals surface area (Å²) in [6, 6.07) is 0. The average Bonchev–Trinajstić information content (AvgIpc) is 2.45. The summed E-state index contributed by atoms with van der Waals surface area (Å²) in [5.41, 5.74) is 5.77. The van der Waals surface area contributed by atoms with E-state index in [9.17, 15) is 5.11 Å². The smallest absolute Gasteiger partial charge is 0.0493 e. The van der Waals surface area contributed by atoms with Crippen LogP contribution in [-0.4, -0.2) is 11.7 Å². The number of aliphatic hydroxyl groups is 1. The highest BCUT2D eigenvalue weighted by molar-refractivity contribution is 5.20. The van der Waals surface area contributed by atoms with Crippen molar-refractivity contribution >= 4 is 0 Å². The molecule has 0 aromatic heterocycles. The van der Waals surface area contributed by atoms with Gasteiger partial charge in [-0.2, -0.15) is 0 Å². The predicted octanol–water partition coefficient (Wildman–Crippen LogP) is 5.73. The van der Waals surface area contributed by atoms with Crippen molar-refractivity contribution in [1.82, 2.24) is 0 Å². The van der Waals surface area contributed by atoms with E-state index in [1.807, 2.05) is 0 Å². The zero-order valence-electron chi connectivity index (χ0n) is 14.3. The van der Waals surface area contributed by atoms with E-state index in [-0.39, 0.29) is 12.5 Å². The Hall–Kier alpha value is -1.08. The third kappa shape index (κ3) is 7.47. The Morgan fingerprint density at radius 2 is 1.43 bits per heavy atom. The van der Waals surface area contributed by atoms with Crippen molar-refractivity contribution in [3.05, 3.63) is 46.6 Å². The van der Waals surface area contributed by atoms with E-state index >= 15 is 0 Å². The quantitative estimate of drug-likeness (QED) is 0.643. The predicted molar refractivity (Wildman–Crippen MR) is 93.3 cm³/mol. The van der Waals surface area contributed by atoms with Crippen LogP contribution in [0.3, 0.4) is 0 Å². The first kappa shape index (κ1) is 18.0. The largest absolute Gasteiger partial charge is 0.396 e. The van der Waals surface area contributed by atoms with Gasteiger partial charge >= 0.3 is 0 Å². The Bertz CT molecular complexity index is 435. The third-order valence-electron chi connectivity index (χ3n) is 4.36. The summed E-state index contributed by atoms with van der Waals surface area (Å²) >= 11 is 0. The third-order valence-corrected chi connectivity index (χ3v) is 4.36. The second-order valence-corrected chi connectivity index (χ2v) is 6.52. The van der Waals surface area contributed by atoms with E-state index < -0.39 is 0 Å². The molecular weight excluding hydrogens is 256 g/mol. The van der Waals surface area contributed by atoms with E-state index in [1.165, 1.54) is 28.7 Å². The summed E-state index contributed by atoms with van der Waals surface area (Å²) in [6.07, 6.45) is 16.0. The molecule has 1 rings (SSSR count). The SMILES string of the molecule is CC1=CC=C(C(C)CO)CCC(C)=CCCC(C)=CCC1. The first-order valence-corrected chi connectivity index (χ1v) is 8.31. The normalized spacial score (nSPS) is 20.6. The maximum absolute atomic E-state index is 9.43. The Kier molecular flexibility index (Phi) is 8.37. The molecule has 0 amide bonds. The van der Waals surface area contributed by atoms with Gasteiger partial charge in [0.25, 0.3) is 0 Å². The molecule has 0 bridgehead atoms. The van der Waals surface area contributed by atoms with Gasteiger partial charge in [-0.25, -0.2) is 0 Å². The Balaban J connectivity index is 2.90. The summed E-state index contributed by atoms with van der Waals surface area (Å²) < 4.78 is 0. The maximum Gasteiger partial charge on any atom is 0.0493 e. The van der Waals surface area contributed by atoms with Gasteiger partial charge in [-0.15, -0.1) is 0 Å². The van der Waals surface area contributed by atoms with Gasteiger partial charge in [-0.1, -0.05) is 53.5 Å². The highest BCUT2D eigenvalue weighted by Gasteiger charge is 2.07. The number of aliphatic hydroxyl groups excluding tert-OH is 1. The van der Waals surface area contributed by atoms with Gasteiger partial charge in [-0.3, -0.25) is 0 Å². The molecule has 0 aromatic rings. The van der Waals surface area contributed by atoms with Crippen molar-refractivity contribution in [3.8, 4) is 0 Å². The molecule has 1 atom stereocenters. The highest BCUT2D eigenvalue weighted by Crippen LogP contribution is 2.21. The monoisotopic (exact) mass is 288 g/mol. The maximum atomic E-state index is 9.43. The van der Waals surface area contributed by atoms with E-state index in [0.29, 0.717) is 0 Å². The van der Waals surface area contributed by atoms with Gasteiger partial charge in [-0.05, 0) is 59.3 Å². The van der Waals surface area contributed by atoms with Crippen LogP contribution in [0.25, 0.3) is 0 Å². The molecule has 0 radical (unpaired) electrons. The minimum atomic E-state index is 0.239. The summed E-state index contributed by atoms with van der Waals surface area (Å²) in [5, 5.41) is 9.43. The van der Waals surface area contributed by atoms with Crippen LogP contribution in [0.5, 0.6) is 0 Å². The van der Waals surface area contributed by atoms with Gasteiger partial charge in [0.15, 0.2) is 0 Å². The molecule has 1 unspecified atom stereocenters. The molecule has 0 aromatic carbocycles. The lowest BCUT2D eigenvalue weighted by atomic mass is 9.93. The lowest BCUT2D eigenvalue weighted by Gasteiger charge is -2.14. The second-order valence-electron chi connectivity index (χ2n) is 6.52. The van der Waals surface area contributed by atoms with Crippen molar-refractivity contribution in [3.63, 3.8) is 0 Å².